The fraction of sp³-hybridized carbons (Fsp3) is 0.455. The van der Waals surface area contributed by atoms with E-state index in [0.29, 0.717) is 0 Å². The minimum atomic E-state index is -10.7. The maximum absolute atomic E-state index is 10.7. The van der Waals surface area contributed by atoms with Crippen LogP contribution in [0.25, 0.3) is 11.0 Å². The first kappa shape index (κ1) is 18.7. The van der Waals surface area contributed by atoms with Gasteiger partial charge in [-0.15, -0.1) is 5.10 Å². The standard InChI is InChI=1S/C11H15N5O.F6P/c1-14-7-8-15(2)11(14)17-16-10-6-4-3-5-9(10)12-13-16;1-7(2,3,4,5)6/h3-6,11H,7-8H2,1-2H3;/q;-1/p+1. The van der Waals surface area contributed by atoms with Crippen LogP contribution in [0.5, 0.6) is 0 Å². The Labute approximate surface area is 132 Å². The summed E-state index contributed by atoms with van der Waals surface area (Å²) >= 11 is 0. The second-order valence-corrected chi connectivity index (χ2v) is 7.36. The molecule has 6 nitrogen and oxygen atoms in total. The van der Waals surface area contributed by atoms with Crippen LogP contribution in [0.2, 0.25) is 0 Å². The molecule has 1 aromatic heterocycles. The number of fused-ring (bicyclic) bond motifs is 1. The summed E-state index contributed by atoms with van der Waals surface area (Å²) < 4.78 is 59.2. The summed E-state index contributed by atoms with van der Waals surface area (Å²) in [6, 6.07) is 7.79. The molecular formula is C11H16F6N5OP. The van der Waals surface area contributed by atoms with Gasteiger partial charge in [0, 0.05) is 0 Å². The molecule has 0 saturated carbocycles. The maximum atomic E-state index is 9.87. The summed E-state index contributed by atoms with van der Waals surface area (Å²) in [6.07, 6.45) is 0.0000983. The fourth-order valence-electron chi connectivity index (χ4n) is 2.16. The van der Waals surface area contributed by atoms with Crippen molar-refractivity contribution in [2.24, 2.45) is 0 Å². The Morgan fingerprint density at radius 3 is 2.29 bits per heavy atom. The number of nitrogens with zero attached hydrogens (tertiary/aromatic N) is 4. The molecule has 2 aromatic rings. The number of rotatable bonds is 2. The third-order valence-electron chi connectivity index (χ3n) is 3.20. The van der Waals surface area contributed by atoms with Crippen molar-refractivity contribution in [1.82, 2.24) is 20.1 Å². The average Bonchev–Trinajstić information content (AvgIpc) is 2.94. The Balaban J connectivity index is 0.000000256. The van der Waals surface area contributed by atoms with Gasteiger partial charge >= 0.3 is 39.3 Å². The Morgan fingerprint density at radius 2 is 1.75 bits per heavy atom. The van der Waals surface area contributed by atoms with Crippen molar-refractivity contribution in [1.29, 1.82) is 0 Å². The summed E-state index contributed by atoms with van der Waals surface area (Å²) in [6.45, 7) is 2.11. The molecule has 1 aromatic carbocycles. The van der Waals surface area contributed by atoms with Crippen LogP contribution in [-0.2, 0) is 0 Å². The Kier molecular flexibility index (Phi) is 4.23. The van der Waals surface area contributed by atoms with Crippen LogP contribution in [-0.4, -0.2) is 53.6 Å². The van der Waals surface area contributed by atoms with E-state index in [1.54, 1.807) is 0 Å². The Bertz CT molecular complexity index is 699. The predicted octanol–water partition coefficient (Wildman–Crippen LogP) is 1.99. The van der Waals surface area contributed by atoms with E-state index in [4.69, 9.17) is 4.84 Å². The van der Waals surface area contributed by atoms with Gasteiger partial charge in [0.2, 0.25) is 0 Å². The zero-order valence-electron chi connectivity index (χ0n) is 12.7. The molecule has 0 spiro atoms. The van der Waals surface area contributed by atoms with Crippen LogP contribution in [0, 0.1) is 0 Å². The van der Waals surface area contributed by atoms with Crippen molar-refractivity contribution in [3.8, 4) is 0 Å². The van der Waals surface area contributed by atoms with Gasteiger partial charge in [0.05, 0.1) is 20.1 Å². The second-order valence-electron chi connectivity index (χ2n) is 5.44. The summed E-state index contributed by atoms with van der Waals surface area (Å²) in [5, 5.41) is 8.10. The van der Waals surface area contributed by atoms with E-state index in [0.717, 1.165) is 24.1 Å². The van der Waals surface area contributed by atoms with E-state index in [-0.39, 0.29) is 6.35 Å². The molecule has 1 aliphatic rings. The molecule has 1 saturated heterocycles. The number of quaternary nitrogens is 1. The number of halogens is 6. The number of nitrogens with one attached hydrogen (secondary N) is 1. The number of benzene rings is 1. The van der Waals surface area contributed by atoms with E-state index in [1.807, 2.05) is 24.3 Å². The van der Waals surface area contributed by atoms with Gasteiger partial charge in [0.15, 0.2) is 0 Å². The van der Waals surface area contributed by atoms with Gasteiger partial charge in [-0.05, 0) is 24.4 Å². The molecule has 0 bridgehead atoms. The van der Waals surface area contributed by atoms with Crippen LogP contribution in [0.1, 0.15) is 0 Å². The van der Waals surface area contributed by atoms with Gasteiger partial charge in [-0.3, -0.25) is 4.90 Å². The van der Waals surface area contributed by atoms with Crippen molar-refractivity contribution in [2.75, 3.05) is 27.2 Å². The molecule has 24 heavy (non-hydrogen) atoms. The normalized spacial score (nSPS) is 24.8. The predicted molar refractivity (Wildman–Crippen MR) is 75.8 cm³/mol. The molecule has 1 N–H and O–H groups in total. The fourth-order valence-corrected chi connectivity index (χ4v) is 2.16. The van der Waals surface area contributed by atoms with Gasteiger partial charge in [-0.2, -0.15) is 0 Å². The van der Waals surface area contributed by atoms with E-state index in [9.17, 15) is 25.2 Å². The van der Waals surface area contributed by atoms with Crippen molar-refractivity contribution in [3.63, 3.8) is 0 Å². The quantitative estimate of drug-likeness (QED) is 0.641. The molecule has 0 aliphatic carbocycles. The van der Waals surface area contributed by atoms with Crippen molar-refractivity contribution in [2.45, 2.75) is 6.35 Å². The SMILES string of the molecule is CN1CC[NH+](C)C1On1nnc2ccccc21.F[P-](F)(F)(F)(F)F. The summed E-state index contributed by atoms with van der Waals surface area (Å²) in [5.41, 5.74) is 1.76. The molecule has 2 unspecified atom stereocenters. The summed E-state index contributed by atoms with van der Waals surface area (Å²) in [7, 11) is -6.48. The molecule has 0 radical (unpaired) electrons. The molecule has 138 valence electrons. The first-order valence-corrected chi connectivity index (χ1v) is 8.80. The third kappa shape index (κ3) is 6.10. The first-order chi connectivity index (χ1) is 10.7. The van der Waals surface area contributed by atoms with Crippen molar-refractivity contribution < 1.29 is 34.9 Å². The van der Waals surface area contributed by atoms with Crippen LogP contribution < -0.4 is 9.74 Å². The summed E-state index contributed by atoms with van der Waals surface area (Å²) in [4.78, 5) is 10.9. The molecule has 2 atom stereocenters. The Hall–Kier alpha value is -1.65. The van der Waals surface area contributed by atoms with Gasteiger partial charge in [0.25, 0.3) is 0 Å². The van der Waals surface area contributed by atoms with Gasteiger partial charge in [0.1, 0.15) is 11.0 Å². The molecular weight excluding hydrogens is 363 g/mol. The monoisotopic (exact) mass is 379 g/mol. The molecule has 13 heteroatoms. The van der Waals surface area contributed by atoms with E-state index >= 15 is 0 Å². The zero-order chi connectivity index (χ0) is 18.2. The number of para-hydroxylation sites is 1. The average molecular weight is 379 g/mol. The first-order valence-electron chi connectivity index (χ1n) is 6.77. The van der Waals surface area contributed by atoms with E-state index < -0.39 is 7.81 Å². The Morgan fingerprint density at radius 1 is 1.17 bits per heavy atom. The number of aromatic nitrogens is 3. The van der Waals surface area contributed by atoms with Crippen molar-refractivity contribution >= 4 is 18.8 Å². The van der Waals surface area contributed by atoms with E-state index in [2.05, 4.69) is 29.3 Å². The molecule has 0 amide bonds. The topological polar surface area (TPSA) is 47.6 Å². The van der Waals surface area contributed by atoms with Gasteiger partial charge < -0.3 is 4.84 Å². The number of hydrogen-bond donors (Lipinski definition) is 1. The van der Waals surface area contributed by atoms with Crippen LogP contribution in [0.3, 0.4) is 0 Å². The second kappa shape index (κ2) is 5.43. The van der Waals surface area contributed by atoms with Gasteiger partial charge in [-0.25, -0.2) is 4.90 Å². The van der Waals surface area contributed by atoms with Crippen LogP contribution in [0.15, 0.2) is 24.3 Å². The number of hydrogen-bond acceptors (Lipinski definition) is 4. The zero-order valence-corrected chi connectivity index (χ0v) is 13.6. The molecule has 1 aliphatic heterocycles. The third-order valence-corrected chi connectivity index (χ3v) is 3.20. The molecule has 2 heterocycles. The summed E-state index contributed by atoms with van der Waals surface area (Å²) in [5.74, 6) is 0. The van der Waals surface area contributed by atoms with Crippen LogP contribution >= 0.6 is 7.81 Å². The van der Waals surface area contributed by atoms with E-state index in [1.165, 1.54) is 9.75 Å². The van der Waals surface area contributed by atoms with Gasteiger partial charge in [-0.1, -0.05) is 17.0 Å². The number of likely N-dealkylation sites (N-methyl/N-ethyl adjacent to an activating group) is 2. The molecule has 3 rings (SSSR count). The molecule has 1 fully saturated rings. The minimum absolute atomic E-state index is 0.0000983. The van der Waals surface area contributed by atoms with Crippen molar-refractivity contribution in [3.05, 3.63) is 24.3 Å². The van der Waals surface area contributed by atoms with Crippen LogP contribution in [0.4, 0.5) is 25.2 Å².